The number of β-lactam (4-membered cyclic amide) rings is 1. The first-order chi connectivity index (χ1) is 12.4. The zero-order chi connectivity index (χ0) is 18.7. The lowest BCUT2D eigenvalue weighted by molar-refractivity contribution is -0.385. The molecule has 1 fully saturated rings. The molecule has 0 aliphatic carbocycles. The lowest BCUT2D eigenvalue weighted by Gasteiger charge is -2.38. The van der Waals surface area contributed by atoms with E-state index in [0.717, 1.165) is 0 Å². The highest BCUT2D eigenvalue weighted by Gasteiger charge is 2.39. The first kappa shape index (κ1) is 18.0. The fourth-order valence-electron chi connectivity index (χ4n) is 2.77. The molecule has 8 nitrogen and oxygen atoms in total. The molecule has 0 aromatic heterocycles. The van der Waals surface area contributed by atoms with Crippen LogP contribution in [-0.4, -0.2) is 37.6 Å². The third-order valence-corrected chi connectivity index (χ3v) is 5.53. The van der Waals surface area contributed by atoms with Crippen molar-refractivity contribution in [3.8, 4) is 0 Å². The molecule has 1 amide bonds. The molecule has 26 heavy (non-hydrogen) atoms. The number of nitrogens with one attached hydrogen (secondary N) is 1. The number of nitrogens with zero attached hydrogens (tertiary/aromatic N) is 2. The number of amides is 1. The number of sulfonamides is 1. The number of benzene rings is 2. The zero-order valence-corrected chi connectivity index (χ0v) is 14.6. The molecule has 9 heteroatoms. The van der Waals surface area contributed by atoms with Gasteiger partial charge in [-0.3, -0.25) is 14.9 Å². The maximum absolute atomic E-state index is 12.2. The van der Waals surface area contributed by atoms with Crippen LogP contribution in [0.2, 0.25) is 0 Å². The Morgan fingerprint density at radius 2 is 1.77 bits per heavy atom. The molecule has 0 saturated carbocycles. The summed E-state index contributed by atoms with van der Waals surface area (Å²) in [5.74, 6) is -0.641. The van der Waals surface area contributed by atoms with Gasteiger partial charge in [0.25, 0.3) is 5.69 Å². The molecule has 2 aromatic rings. The highest BCUT2D eigenvalue weighted by molar-refractivity contribution is 7.89. The molecular weight excluding hydrogens is 358 g/mol. The van der Waals surface area contributed by atoms with E-state index in [0.29, 0.717) is 11.3 Å². The van der Waals surface area contributed by atoms with Crippen LogP contribution in [0.15, 0.2) is 54.6 Å². The van der Waals surface area contributed by atoms with E-state index in [1.807, 2.05) is 6.07 Å². The van der Waals surface area contributed by atoms with Crippen LogP contribution in [-0.2, 0) is 21.2 Å². The predicted molar refractivity (Wildman–Crippen MR) is 96.3 cm³/mol. The molecule has 1 aliphatic heterocycles. The van der Waals surface area contributed by atoms with Gasteiger partial charge in [-0.1, -0.05) is 36.4 Å². The van der Waals surface area contributed by atoms with Gasteiger partial charge in [0, 0.05) is 17.3 Å². The Morgan fingerprint density at radius 1 is 1.12 bits per heavy atom. The molecule has 1 N–H and O–H groups in total. The smallest absolute Gasteiger partial charge is 0.272 e. The Hall–Kier alpha value is -2.78. The molecular formula is C17H17N3O5S. The van der Waals surface area contributed by atoms with E-state index in [4.69, 9.17) is 0 Å². The number of aryl methyl sites for hydroxylation is 1. The summed E-state index contributed by atoms with van der Waals surface area (Å²) in [4.78, 5) is 24.1. The minimum absolute atomic E-state index is 0.00417. The van der Waals surface area contributed by atoms with Gasteiger partial charge < -0.3 is 4.90 Å². The van der Waals surface area contributed by atoms with Crippen LogP contribution in [0.5, 0.6) is 0 Å². The number of nitro benzene ring substituents is 1. The zero-order valence-electron chi connectivity index (χ0n) is 13.7. The third-order valence-electron chi connectivity index (χ3n) is 4.15. The molecule has 0 unspecified atom stereocenters. The molecule has 1 atom stereocenters. The maximum Gasteiger partial charge on any atom is 0.272 e. The van der Waals surface area contributed by atoms with Crippen molar-refractivity contribution in [2.24, 2.45) is 0 Å². The summed E-state index contributed by atoms with van der Waals surface area (Å²) >= 11 is 0. The molecule has 1 saturated heterocycles. The summed E-state index contributed by atoms with van der Waals surface area (Å²) in [6.45, 7) is 0.258. The van der Waals surface area contributed by atoms with Crippen LogP contribution >= 0.6 is 0 Å². The second kappa shape index (κ2) is 7.22. The van der Waals surface area contributed by atoms with E-state index in [1.165, 1.54) is 23.1 Å². The van der Waals surface area contributed by atoms with Gasteiger partial charge in [-0.15, -0.1) is 0 Å². The molecule has 1 aliphatic rings. The summed E-state index contributed by atoms with van der Waals surface area (Å²) in [6.07, 6.45) is -0.00417. The van der Waals surface area contributed by atoms with Gasteiger partial charge in [0.05, 0.1) is 17.2 Å². The van der Waals surface area contributed by atoms with Crippen molar-refractivity contribution >= 4 is 27.3 Å². The van der Waals surface area contributed by atoms with E-state index in [9.17, 15) is 23.3 Å². The molecule has 3 rings (SSSR count). The number of para-hydroxylation sites is 2. The lowest BCUT2D eigenvalue weighted by atomic mass is 10.1. The Kier molecular flexibility index (Phi) is 5.01. The Balaban J connectivity index is 1.59. The van der Waals surface area contributed by atoms with Crippen molar-refractivity contribution in [2.75, 3.05) is 17.2 Å². The van der Waals surface area contributed by atoms with Crippen molar-refractivity contribution in [3.05, 3.63) is 70.3 Å². The predicted octanol–water partition coefficient (Wildman–Crippen LogP) is 1.47. The van der Waals surface area contributed by atoms with Crippen LogP contribution in [0, 0.1) is 10.1 Å². The van der Waals surface area contributed by atoms with E-state index in [2.05, 4.69) is 4.72 Å². The van der Waals surface area contributed by atoms with Crippen molar-refractivity contribution in [1.82, 2.24) is 4.72 Å². The highest BCUT2D eigenvalue weighted by atomic mass is 32.2. The first-order valence-electron chi connectivity index (χ1n) is 7.96. The van der Waals surface area contributed by atoms with E-state index in [-0.39, 0.29) is 30.3 Å². The number of anilines is 1. The lowest BCUT2D eigenvalue weighted by Crippen LogP contribution is -2.64. The van der Waals surface area contributed by atoms with Crippen LogP contribution in [0.25, 0.3) is 0 Å². The van der Waals surface area contributed by atoms with Crippen molar-refractivity contribution in [1.29, 1.82) is 0 Å². The molecule has 2 aromatic carbocycles. The highest BCUT2D eigenvalue weighted by Crippen LogP contribution is 2.22. The Bertz CT molecular complexity index is 930. The standard InChI is InChI=1S/C17H17N3O5S/c21-17-15(12-19(17)14-7-2-1-3-8-14)18-26(24,25)11-10-13-6-4-5-9-16(13)20(22)23/h1-9,15,18H,10-12H2/t15-/m1/s1. The van der Waals surface area contributed by atoms with Crippen molar-refractivity contribution < 1.29 is 18.1 Å². The summed E-state index contributed by atoms with van der Waals surface area (Å²) in [5.41, 5.74) is 0.944. The molecule has 0 bridgehead atoms. The number of hydrogen-bond donors (Lipinski definition) is 1. The quantitative estimate of drug-likeness (QED) is 0.448. The van der Waals surface area contributed by atoms with Crippen molar-refractivity contribution in [2.45, 2.75) is 12.5 Å². The number of hydrogen-bond acceptors (Lipinski definition) is 5. The van der Waals surface area contributed by atoms with Crippen LogP contribution in [0.4, 0.5) is 11.4 Å². The van der Waals surface area contributed by atoms with Crippen molar-refractivity contribution in [3.63, 3.8) is 0 Å². The number of nitro groups is 1. The van der Waals surface area contributed by atoms with Gasteiger partial charge in [0.15, 0.2) is 0 Å². The first-order valence-corrected chi connectivity index (χ1v) is 9.61. The fraction of sp³-hybridized carbons (Fsp3) is 0.235. The van der Waals surface area contributed by atoms with Gasteiger partial charge in [-0.05, 0) is 18.6 Å². The molecule has 1 heterocycles. The summed E-state index contributed by atoms with van der Waals surface area (Å²) in [7, 11) is -3.74. The number of carbonyl (C=O) groups excluding carboxylic acids is 1. The Morgan fingerprint density at radius 3 is 2.42 bits per heavy atom. The normalized spacial score (nSPS) is 17.0. The molecule has 0 spiro atoms. The van der Waals surface area contributed by atoms with E-state index in [1.54, 1.807) is 30.3 Å². The summed E-state index contributed by atoms with van der Waals surface area (Å²) in [6, 6.07) is 14.2. The van der Waals surface area contributed by atoms with Gasteiger partial charge in [-0.2, -0.15) is 0 Å². The monoisotopic (exact) mass is 375 g/mol. The fourth-order valence-corrected chi connectivity index (χ4v) is 3.99. The SMILES string of the molecule is O=C1[C@H](NS(=O)(=O)CCc2ccccc2[N+](=O)[O-])CN1c1ccccc1. The minimum Gasteiger partial charge on any atom is -0.309 e. The van der Waals surface area contributed by atoms with E-state index >= 15 is 0 Å². The maximum atomic E-state index is 12.2. The van der Waals surface area contributed by atoms with E-state index < -0.39 is 21.0 Å². The summed E-state index contributed by atoms with van der Waals surface area (Å²) < 4.78 is 26.8. The number of carbonyl (C=O) groups is 1. The molecule has 136 valence electrons. The average molecular weight is 375 g/mol. The topological polar surface area (TPSA) is 110 Å². The third kappa shape index (κ3) is 3.89. The summed E-state index contributed by atoms with van der Waals surface area (Å²) in [5, 5.41) is 11.0. The largest absolute Gasteiger partial charge is 0.309 e. The number of rotatable bonds is 7. The minimum atomic E-state index is -3.74. The van der Waals surface area contributed by atoms with Crippen LogP contribution in [0.1, 0.15) is 5.56 Å². The average Bonchev–Trinajstić information content (AvgIpc) is 2.64. The van der Waals surface area contributed by atoms with Gasteiger partial charge in [-0.25, -0.2) is 13.1 Å². The van der Waals surface area contributed by atoms with Gasteiger partial charge in [0.2, 0.25) is 15.9 Å². The molecule has 0 radical (unpaired) electrons. The van der Waals surface area contributed by atoms with Gasteiger partial charge in [0.1, 0.15) is 6.04 Å². The van der Waals surface area contributed by atoms with Crippen LogP contribution in [0.3, 0.4) is 0 Å². The second-order valence-corrected chi connectivity index (χ2v) is 7.78. The Labute approximate surface area is 150 Å². The van der Waals surface area contributed by atoms with Crippen LogP contribution < -0.4 is 9.62 Å². The van der Waals surface area contributed by atoms with Gasteiger partial charge >= 0.3 is 0 Å². The second-order valence-electron chi connectivity index (χ2n) is 5.91.